The molecule has 0 amide bonds. The maximum absolute atomic E-state index is 4.15. The Morgan fingerprint density at radius 3 is 1.94 bits per heavy atom. The highest BCUT2D eigenvalue weighted by Crippen LogP contribution is 2.54. The van der Waals surface area contributed by atoms with Gasteiger partial charge in [-0.25, -0.2) is 0 Å². The number of likely N-dealkylation sites (N-methyl/N-ethyl adjacent to an activating group) is 1. The zero-order chi connectivity index (χ0) is 48.0. The van der Waals surface area contributed by atoms with Crippen molar-refractivity contribution in [2.75, 3.05) is 17.4 Å². The number of para-hydroxylation sites is 3. The van der Waals surface area contributed by atoms with Crippen molar-refractivity contribution < 1.29 is 0 Å². The fourth-order valence-electron chi connectivity index (χ4n) is 11.0. The molecule has 2 unspecified atom stereocenters. The predicted octanol–water partition coefficient (Wildman–Crippen LogP) is 16.2. The number of nitrogens with one attached hydrogen (secondary N) is 3. The molecule has 0 spiro atoms. The molecule has 1 aromatic heterocycles. The fraction of sp³-hybridized carbons (Fsp3) is 0.0448. The second-order valence-electron chi connectivity index (χ2n) is 18.6. The third kappa shape index (κ3) is 7.55. The number of rotatable bonds is 10. The molecule has 0 saturated carbocycles. The van der Waals surface area contributed by atoms with Crippen LogP contribution in [0.3, 0.4) is 0 Å². The second-order valence-corrected chi connectivity index (χ2v) is 18.6. The van der Waals surface area contributed by atoms with E-state index in [0.29, 0.717) is 0 Å². The van der Waals surface area contributed by atoms with E-state index in [-0.39, 0.29) is 12.1 Å². The quantitative estimate of drug-likeness (QED) is 0.128. The van der Waals surface area contributed by atoms with Crippen LogP contribution in [-0.2, 0) is 0 Å². The minimum absolute atomic E-state index is 0.134. The van der Waals surface area contributed by atoms with Gasteiger partial charge in [0.25, 0.3) is 0 Å². The van der Waals surface area contributed by atoms with E-state index in [1.807, 2.05) is 7.05 Å². The summed E-state index contributed by atoms with van der Waals surface area (Å²) in [5.41, 5.74) is 24.6. The highest BCUT2D eigenvalue weighted by atomic mass is 15.4. The van der Waals surface area contributed by atoms with E-state index in [1.54, 1.807) is 0 Å². The number of aromatic nitrogens is 1. The van der Waals surface area contributed by atoms with E-state index >= 15 is 0 Å². The lowest BCUT2D eigenvalue weighted by Crippen LogP contribution is -2.30. The minimum atomic E-state index is -0.134. The topological polar surface area (TPSA) is 44.3 Å². The van der Waals surface area contributed by atoms with Gasteiger partial charge in [0.2, 0.25) is 0 Å². The van der Waals surface area contributed by atoms with Crippen LogP contribution >= 0.6 is 0 Å². The van der Waals surface area contributed by atoms with Crippen LogP contribution in [0.15, 0.2) is 266 Å². The van der Waals surface area contributed by atoms with E-state index in [1.165, 1.54) is 49.7 Å². The predicted molar refractivity (Wildman–Crippen MR) is 303 cm³/mol. The first kappa shape index (κ1) is 42.9. The van der Waals surface area contributed by atoms with Gasteiger partial charge >= 0.3 is 0 Å². The molecule has 72 heavy (non-hydrogen) atoms. The maximum atomic E-state index is 4.15. The molecule has 1 aliphatic carbocycles. The lowest BCUT2D eigenvalue weighted by atomic mass is 9.94. The third-order valence-corrected chi connectivity index (χ3v) is 14.4. The number of dihydropyridines is 1. The monoisotopic (exact) mass is 925 g/mol. The van der Waals surface area contributed by atoms with E-state index in [2.05, 4.69) is 287 Å². The highest BCUT2D eigenvalue weighted by molar-refractivity contribution is 6.14. The molecule has 13 rings (SSSR count). The molecule has 344 valence electrons. The van der Waals surface area contributed by atoms with Crippen molar-refractivity contribution in [3.8, 4) is 44.6 Å². The number of nitrogens with zero attached hydrogens (tertiary/aromatic N) is 2. The van der Waals surface area contributed by atoms with Crippen LogP contribution in [0.5, 0.6) is 0 Å². The van der Waals surface area contributed by atoms with Gasteiger partial charge in [0.15, 0.2) is 0 Å². The van der Waals surface area contributed by atoms with Gasteiger partial charge in [-0.2, -0.15) is 0 Å². The third-order valence-electron chi connectivity index (χ3n) is 14.4. The van der Waals surface area contributed by atoms with Crippen molar-refractivity contribution in [2.45, 2.75) is 12.1 Å². The molecule has 2 aliphatic heterocycles. The molecule has 0 radical (unpaired) electrons. The maximum Gasteiger partial charge on any atom is 0.0810 e. The summed E-state index contributed by atoms with van der Waals surface area (Å²) in [6.07, 6.45) is 15.5. The second kappa shape index (κ2) is 18.3. The highest BCUT2D eigenvalue weighted by Gasteiger charge is 2.32. The first-order valence-electron chi connectivity index (χ1n) is 24.8. The summed E-state index contributed by atoms with van der Waals surface area (Å²) >= 11 is 0. The van der Waals surface area contributed by atoms with Crippen molar-refractivity contribution in [3.63, 3.8) is 0 Å². The summed E-state index contributed by atoms with van der Waals surface area (Å²) in [5.74, 6) is 0. The summed E-state index contributed by atoms with van der Waals surface area (Å²) in [4.78, 5) is 2.49. The van der Waals surface area contributed by atoms with Crippen molar-refractivity contribution in [1.82, 2.24) is 15.3 Å². The molecule has 5 heteroatoms. The molecule has 9 aromatic carbocycles. The van der Waals surface area contributed by atoms with Crippen LogP contribution in [0.2, 0.25) is 0 Å². The number of anilines is 3. The summed E-state index contributed by atoms with van der Waals surface area (Å²) in [6, 6.07) is 79.2. The van der Waals surface area contributed by atoms with E-state index < -0.39 is 0 Å². The molecular weight excluding hydrogens is 875 g/mol. The van der Waals surface area contributed by atoms with Gasteiger partial charge in [-0.05, 0) is 99.9 Å². The molecule has 5 nitrogen and oxygen atoms in total. The molecule has 3 N–H and O–H groups in total. The Labute approximate surface area is 420 Å². The largest absolute Gasteiger partial charge is 0.374 e. The Hall–Kier alpha value is -9.16. The van der Waals surface area contributed by atoms with E-state index in [9.17, 15) is 0 Å². The normalized spacial score (nSPS) is 15.1. The molecule has 2 atom stereocenters. The van der Waals surface area contributed by atoms with Crippen LogP contribution in [0.4, 0.5) is 17.1 Å². The summed E-state index contributed by atoms with van der Waals surface area (Å²) in [7, 11) is 2.05. The van der Waals surface area contributed by atoms with Crippen molar-refractivity contribution >= 4 is 50.1 Å². The van der Waals surface area contributed by atoms with Gasteiger partial charge in [0.1, 0.15) is 0 Å². The number of benzene rings is 9. The molecule has 0 fully saturated rings. The SMILES string of the molecule is CNC(/C=C(\Nn1c2c(c3ccccc31)-c1ccccc1N(c1cccc3c(C4=CC=C5C=CC=CC5N4)cccc13)c1ccccc1-2)c1cccc(-c2ccccc2)c1)c1cccc(-c2ccccc2)c1. The first-order valence-corrected chi connectivity index (χ1v) is 24.8. The van der Waals surface area contributed by atoms with Gasteiger partial charge in [0.05, 0.1) is 46.1 Å². The van der Waals surface area contributed by atoms with Gasteiger partial charge in [-0.3, -0.25) is 10.1 Å². The summed E-state index contributed by atoms with van der Waals surface area (Å²) in [5, 5.41) is 11.0. The molecule has 3 heterocycles. The Kier molecular flexibility index (Phi) is 10.9. The van der Waals surface area contributed by atoms with Crippen LogP contribution < -0.4 is 21.0 Å². The van der Waals surface area contributed by atoms with Gasteiger partial charge in [0, 0.05) is 38.7 Å². The van der Waals surface area contributed by atoms with Crippen LogP contribution in [0.25, 0.3) is 77.7 Å². The number of hydrogen-bond acceptors (Lipinski definition) is 4. The molecule has 0 bridgehead atoms. The van der Waals surface area contributed by atoms with Crippen LogP contribution in [0.1, 0.15) is 22.7 Å². The van der Waals surface area contributed by atoms with Gasteiger partial charge < -0.3 is 15.5 Å². The smallest absolute Gasteiger partial charge is 0.0810 e. The van der Waals surface area contributed by atoms with Crippen LogP contribution in [-0.4, -0.2) is 17.8 Å². The zero-order valence-electron chi connectivity index (χ0n) is 39.9. The van der Waals surface area contributed by atoms with Crippen molar-refractivity contribution in [1.29, 1.82) is 0 Å². The van der Waals surface area contributed by atoms with E-state index in [4.69, 9.17) is 0 Å². The first-order chi connectivity index (χ1) is 35.7. The van der Waals surface area contributed by atoms with Gasteiger partial charge in [-0.1, -0.05) is 212 Å². The average molecular weight is 926 g/mol. The van der Waals surface area contributed by atoms with Crippen molar-refractivity contribution in [3.05, 3.63) is 283 Å². The molecular formula is C67H51N5. The summed E-state index contributed by atoms with van der Waals surface area (Å²) in [6.45, 7) is 0. The lowest BCUT2D eigenvalue weighted by Gasteiger charge is -2.30. The lowest BCUT2D eigenvalue weighted by molar-refractivity contribution is 0.715. The zero-order valence-corrected chi connectivity index (χ0v) is 39.9. The molecule has 10 aromatic rings. The minimum Gasteiger partial charge on any atom is -0.374 e. The molecule has 0 saturated heterocycles. The summed E-state index contributed by atoms with van der Waals surface area (Å²) < 4.78 is 2.34. The van der Waals surface area contributed by atoms with Gasteiger partial charge in [-0.15, -0.1) is 0 Å². The average Bonchev–Trinajstić information content (AvgIpc) is 3.71. The fourth-order valence-corrected chi connectivity index (χ4v) is 11.0. The van der Waals surface area contributed by atoms with Crippen molar-refractivity contribution in [2.24, 2.45) is 0 Å². The Bertz CT molecular complexity index is 3870. The molecule has 3 aliphatic rings. The standard InChI is InChI=1S/C67H51N5/c1-68-60(50-27-16-25-48(42-50)45-20-4-2-5-21-45)44-61(51-28-17-26-49(43-51)46-22-6-3-7-23-46)70-72-65-38-15-10-30-56(65)66-55-29-9-13-36-63(55)71(64-37-14-11-31-57(64)67(66)72)62-39-19-32-52-53(33-18-34-54(52)62)59-41-40-47-24-8-12-35-58(47)69-59/h2-44,58,60,68-70H,1H3/b61-44-. The van der Waals surface area contributed by atoms with Crippen LogP contribution in [0, 0.1) is 0 Å². The number of allylic oxidation sites excluding steroid dienone is 4. The Morgan fingerprint density at radius 2 is 1.14 bits per heavy atom. The van der Waals surface area contributed by atoms with E-state index in [0.717, 1.165) is 67.3 Å². The Balaban J connectivity index is 1.01. The number of hydrogen-bond donors (Lipinski definition) is 3. The Morgan fingerprint density at radius 1 is 0.528 bits per heavy atom. The number of fused-ring (bicyclic) bond motifs is 9.